The van der Waals surface area contributed by atoms with Gasteiger partial charge in [-0.1, -0.05) is 6.92 Å². The van der Waals surface area contributed by atoms with Crippen molar-refractivity contribution in [2.24, 2.45) is 0 Å². The Morgan fingerprint density at radius 2 is 2.00 bits per heavy atom. The first-order valence-corrected chi connectivity index (χ1v) is 14.3. The second-order valence-electron chi connectivity index (χ2n) is 9.65. The summed E-state index contributed by atoms with van der Waals surface area (Å²) < 4.78 is 37.5. The molecular formula is C23H37N6O7P. The number of nitrogens with two attached hydrogens (primary N) is 1. The Bertz CT molecular complexity index is 1120. The summed E-state index contributed by atoms with van der Waals surface area (Å²) in [6.45, 7) is 6.71. The number of nitrogen functional groups attached to an aromatic ring is 1. The molecule has 1 aliphatic carbocycles. The van der Waals surface area contributed by atoms with Crippen molar-refractivity contribution in [2.75, 3.05) is 25.3 Å². The molecule has 3 N–H and O–H groups in total. The van der Waals surface area contributed by atoms with Crippen LogP contribution in [0, 0.1) is 0 Å². The Hall–Kier alpha value is -2.60. The third-order valence-electron chi connectivity index (χ3n) is 5.80. The van der Waals surface area contributed by atoms with Gasteiger partial charge in [-0.15, -0.1) is 0 Å². The maximum atomic E-state index is 13.8. The number of carbonyl (C=O) groups is 2. The predicted molar refractivity (Wildman–Crippen MR) is 136 cm³/mol. The van der Waals surface area contributed by atoms with Crippen LogP contribution in [0.25, 0.3) is 11.2 Å². The van der Waals surface area contributed by atoms with Gasteiger partial charge in [-0.2, -0.15) is 0 Å². The van der Waals surface area contributed by atoms with Crippen LogP contribution in [0.3, 0.4) is 0 Å². The molecule has 1 saturated carbocycles. The minimum absolute atomic E-state index is 0.150. The van der Waals surface area contributed by atoms with E-state index in [1.54, 1.807) is 17.8 Å². The molecule has 0 spiro atoms. The van der Waals surface area contributed by atoms with Gasteiger partial charge in [-0.05, 0) is 52.9 Å². The number of anilines is 1. The molecule has 2 aromatic rings. The number of imidazole rings is 1. The van der Waals surface area contributed by atoms with E-state index >= 15 is 0 Å². The SMILES string of the molecule is CCCOC(=O)C(C)(C)N[P@@](=O)(CO[C@H](C)Cn1cnc2c(N)ncnc21)OCC(=O)OC1CCCC1. The molecule has 0 amide bonds. The van der Waals surface area contributed by atoms with Crippen LogP contribution in [0.15, 0.2) is 12.7 Å². The summed E-state index contributed by atoms with van der Waals surface area (Å²) in [5.41, 5.74) is 5.49. The summed E-state index contributed by atoms with van der Waals surface area (Å²) in [6, 6.07) is 0. The number of nitrogens with one attached hydrogen (secondary N) is 1. The number of fused-ring (bicyclic) bond motifs is 1. The highest BCUT2D eigenvalue weighted by Crippen LogP contribution is 2.45. The molecule has 13 nitrogen and oxygen atoms in total. The highest BCUT2D eigenvalue weighted by atomic mass is 31.2. The highest BCUT2D eigenvalue weighted by molar-refractivity contribution is 7.56. The molecule has 206 valence electrons. The zero-order valence-corrected chi connectivity index (χ0v) is 22.7. The molecule has 0 bridgehead atoms. The Morgan fingerprint density at radius 1 is 1.27 bits per heavy atom. The lowest BCUT2D eigenvalue weighted by atomic mass is 10.1. The standard InChI is InChI=1S/C23H37N6O7P/c1-5-10-33-22(31)23(3,4)28-37(32,35-12-18(30)36-17-8-6-7-9-17)15-34-16(2)11-29-14-27-19-20(24)25-13-26-21(19)29/h13-14,16-17H,5-12,15H2,1-4H3,(H,28,32)(H2,24,25,26)/t16-,37-/m1/s1. The average Bonchev–Trinajstić information content (AvgIpc) is 3.51. The lowest BCUT2D eigenvalue weighted by molar-refractivity contribution is -0.151. The van der Waals surface area contributed by atoms with Crippen LogP contribution in [-0.2, 0) is 39.4 Å². The molecule has 0 radical (unpaired) electrons. The third kappa shape index (κ3) is 8.19. The van der Waals surface area contributed by atoms with Gasteiger partial charge in [0.05, 0.1) is 25.6 Å². The molecule has 0 unspecified atom stereocenters. The van der Waals surface area contributed by atoms with Crippen LogP contribution >= 0.6 is 7.52 Å². The van der Waals surface area contributed by atoms with Gasteiger partial charge >= 0.3 is 11.9 Å². The van der Waals surface area contributed by atoms with E-state index in [-0.39, 0.29) is 18.5 Å². The quantitative estimate of drug-likeness (QED) is 0.266. The van der Waals surface area contributed by atoms with Gasteiger partial charge in [0.1, 0.15) is 29.8 Å². The van der Waals surface area contributed by atoms with E-state index in [9.17, 15) is 14.2 Å². The van der Waals surface area contributed by atoms with Crippen molar-refractivity contribution in [3.05, 3.63) is 12.7 Å². The van der Waals surface area contributed by atoms with E-state index in [1.807, 2.05) is 6.92 Å². The fraction of sp³-hybridized carbons (Fsp3) is 0.696. The Morgan fingerprint density at radius 3 is 2.70 bits per heavy atom. The smallest absolute Gasteiger partial charge is 0.332 e. The normalized spacial score (nSPS) is 17.0. The zero-order valence-electron chi connectivity index (χ0n) is 21.8. The number of ether oxygens (including phenoxy) is 3. The number of rotatable bonds is 14. The zero-order chi connectivity index (χ0) is 27.1. The molecule has 3 rings (SSSR count). The topological polar surface area (TPSA) is 170 Å². The average molecular weight is 541 g/mol. The van der Waals surface area contributed by atoms with Crippen molar-refractivity contribution in [2.45, 2.75) is 84.1 Å². The maximum Gasteiger partial charge on any atom is 0.332 e. The number of hydrogen-bond donors (Lipinski definition) is 2. The van der Waals surface area contributed by atoms with Crippen LogP contribution in [0.2, 0.25) is 0 Å². The lowest BCUT2D eigenvalue weighted by Gasteiger charge is -2.30. The molecule has 0 aliphatic heterocycles. The third-order valence-corrected chi connectivity index (χ3v) is 7.74. The highest BCUT2D eigenvalue weighted by Gasteiger charge is 2.39. The molecule has 2 atom stereocenters. The summed E-state index contributed by atoms with van der Waals surface area (Å²) in [5, 5.41) is 2.75. The monoisotopic (exact) mass is 540 g/mol. The van der Waals surface area contributed by atoms with E-state index < -0.39 is 44.1 Å². The first kappa shape index (κ1) is 29.0. The van der Waals surface area contributed by atoms with E-state index in [0.29, 0.717) is 24.1 Å². The van der Waals surface area contributed by atoms with Crippen LogP contribution in [-0.4, -0.2) is 68.8 Å². The van der Waals surface area contributed by atoms with Gasteiger partial charge in [0.25, 0.3) is 7.52 Å². The van der Waals surface area contributed by atoms with Crippen LogP contribution < -0.4 is 10.8 Å². The van der Waals surface area contributed by atoms with Crippen molar-refractivity contribution >= 4 is 36.4 Å². The van der Waals surface area contributed by atoms with Crippen molar-refractivity contribution in [3.63, 3.8) is 0 Å². The van der Waals surface area contributed by atoms with Gasteiger partial charge in [0.15, 0.2) is 18.1 Å². The van der Waals surface area contributed by atoms with E-state index in [0.717, 1.165) is 25.7 Å². The Balaban J connectivity index is 1.66. The number of aromatic nitrogens is 4. The summed E-state index contributed by atoms with van der Waals surface area (Å²) in [7, 11) is -3.87. The predicted octanol–water partition coefficient (Wildman–Crippen LogP) is 2.79. The largest absolute Gasteiger partial charge is 0.464 e. The molecule has 14 heteroatoms. The summed E-state index contributed by atoms with van der Waals surface area (Å²) in [5.74, 6) is -0.946. The first-order valence-electron chi connectivity index (χ1n) is 12.5. The van der Waals surface area contributed by atoms with Gasteiger partial charge in [0, 0.05) is 0 Å². The minimum atomic E-state index is -3.87. The first-order chi connectivity index (χ1) is 17.5. The fourth-order valence-corrected chi connectivity index (χ4v) is 5.83. The minimum Gasteiger partial charge on any atom is -0.464 e. The summed E-state index contributed by atoms with van der Waals surface area (Å²) >= 11 is 0. The number of carbonyl (C=O) groups excluding carboxylic acids is 2. The molecule has 2 aromatic heterocycles. The summed E-state index contributed by atoms with van der Waals surface area (Å²) in [4.78, 5) is 37.2. The van der Waals surface area contributed by atoms with Crippen molar-refractivity contribution in [3.8, 4) is 0 Å². The molecule has 37 heavy (non-hydrogen) atoms. The van der Waals surface area contributed by atoms with Crippen molar-refractivity contribution in [1.29, 1.82) is 0 Å². The van der Waals surface area contributed by atoms with Crippen LogP contribution in [0.1, 0.15) is 59.8 Å². The maximum absolute atomic E-state index is 13.8. The fourth-order valence-electron chi connectivity index (χ4n) is 3.92. The molecule has 0 saturated heterocycles. The van der Waals surface area contributed by atoms with E-state index in [4.69, 9.17) is 24.5 Å². The van der Waals surface area contributed by atoms with Crippen molar-refractivity contribution < 1.29 is 32.9 Å². The van der Waals surface area contributed by atoms with Crippen LogP contribution in [0.5, 0.6) is 0 Å². The second-order valence-corrected chi connectivity index (χ2v) is 11.7. The van der Waals surface area contributed by atoms with Gasteiger partial charge in [0.2, 0.25) is 0 Å². The van der Waals surface area contributed by atoms with Crippen molar-refractivity contribution in [1.82, 2.24) is 24.6 Å². The molecule has 2 heterocycles. The number of hydrogen-bond acceptors (Lipinski definition) is 11. The lowest BCUT2D eigenvalue weighted by Crippen LogP contribution is -2.47. The number of esters is 2. The van der Waals surface area contributed by atoms with Gasteiger partial charge in [-0.3, -0.25) is 9.36 Å². The molecular weight excluding hydrogens is 503 g/mol. The van der Waals surface area contributed by atoms with Crippen LogP contribution in [0.4, 0.5) is 5.82 Å². The Kier molecular flexibility index (Phi) is 10.00. The molecule has 1 aliphatic rings. The molecule has 0 aromatic carbocycles. The Labute approximate surface area is 216 Å². The van der Waals surface area contributed by atoms with Gasteiger partial charge < -0.3 is 29.0 Å². The van der Waals surface area contributed by atoms with Gasteiger partial charge in [-0.25, -0.2) is 24.8 Å². The number of nitrogens with zero attached hydrogens (tertiary/aromatic N) is 4. The van der Waals surface area contributed by atoms with E-state index in [2.05, 4.69) is 20.0 Å². The summed E-state index contributed by atoms with van der Waals surface area (Å²) in [6.07, 6.45) is 6.15. The second kappa shape index (κ2) is 12.8. The molecule has 1 fully saturated rings. The van der Waals surface area contributed by atoms with E-state index in [1.165, 1.54) is 20.2 Å².